The van der Waals surface area contributed by atoms with E-state index in [0.29, 0.717) is 18.3 Å². The molecule has 0 aromatic heterocycles. The Morgan fingerprint density at radius 1 is 1.30 bits per heavy atom. The predicted octanol–water partition coefficient (Wildman–Crippen LogP) is 4.23. The molecular weight excluding hydrogens is 256 g/mol. The summed E-state index contributed by atoms with van der Waals surface area (Å²) in [5.41, 5.74) is 0.889. The van der Waals surface area contributed by atoms with E-state index < -0.39 is 4.92 Å². The van der Waals surface area contributed by atoms with Crippen LogP contribution < -0.4 is 10.1 Å². The minimum atomic E-state index is -0.407. The molecule has 0 aliphatic heterocycles. The van der Waals surface area contributed by atoms with Gasteiger partial charge in [0, 0.05) is 24.4 Å². The molecule has 1 aromatic rings. The van der Waals surface area contributed by atoms with Crippen LogP contribution in [0.25, 0.3) is 0 Å². The highest BCUT2D eigenvalue weighted by atomic mass is 16.6. The molecule has 0 saturated heterocycles. The fraction of sp³-hybridized carbons (Fsp3) is 0.600. The van der Waals surface area contributed by atoms with Crippen LogP contribution in [0.1, 0.15) is 40.0 Å². The third-order valence-electron chi connectivity index (χ3n) is 3.37. The molecule has 0 spiro atoms. The summed E-state index contributed by atoms with van der Waals surface area (Å²) in [6.45, 7) is 7.67. The van der Waals surface area contributed by atoms with E-state index in [-0.39, 0.29) is 5.69 Å². The van der Waals surface area contributed by atoms with Crippen molar-refractivity contribution in [2.75, 3.05) is 18.5 Å². The van der Waals surface area contributed by atoms with Crippen LogP contribution in [0.15, 0.2) is 18.2 Å². The molecule has 1 aromatic carbocycles. The first-order valence-corrected chi connectivity index (χ1v) is 7.27. The number of ether oxygens (including phenoxy) is 1. The summed E-state index contributed by atoms with van der Waals surface area (Å²) in [4.78, 5) is 10.6. The Hall–Kier alpha value is -1.78. The van der Waals surface area contributed by atoms with Crippen molar-refractivity contribution >= 4 is 11.4 Å². The van der Waals surface area contributed by atoms with Crippen LogP contribution in [0, 0.1) is 16.0 Å². The Morgan fingerprint density at radius 3 is 2.55 bits per heavy atom. The molecule has 0 atom stereocenters. The highest BCUT2D eigenvalue weighted by Crippen LogP contribution is 2.30. The smallest absolute Gasteiger partial charge is 0.311 e. The second-order valence-corrected chi connectivity index (χ2v) is 4.85. The van der Waals surface area contributed by atoms with E-state index in [2.05, 4.69) is 19.2 Å². The summed E-state index contributed by atoms with van der Waals surface area (Å²) < 4.78 is 5.47. The molecule has 0 aliphatic carbocycles. The Kier molecular flexibility index (Phi) is 6.84. The molecule has 5 nitrogen and oxygen atoms in total. The van der Waals surface area contributed by atoms with E-state index in [4.69, 9.17) is 4.74 Å². The van der Waals surface area contributed by atoms with Crippen LogP contribution in [0.4, 0.5) is 11.4 Å². The maximum atomic E-state index is 11.0. The Morgan fingerprint density at radius 2 is 2.00 bits per heavy atom. The molecular formula is C15H24N2O3. The molecule has 112 valence electrons. The van der Waals surface area contributed by atoms with Gasteiger partial charge < -0.3 is 10.1 Å². The first kappa shape index (κ1) is 16.3. The molecule has 0 amide bonds. The van der Waals surface area contributed by atoms with E-state index in [9.17, 15) is 10.1 Å². The molecule has 20 heavy (non-hydrogen) atoms. The van der Waals surface area contributed by atoms with E-state index in [1.807, 2.05) is 6.92 Å². The van der Waals surface area contributed by atoms with Crippen molar-refractivity contribution in [3.05, 3.63) is 28.3 Å². The lowest BCUT2D eigenvalue weighted by atomic mass is 10.0. The molecule has 0 bridgehead atoms. The van der Waals surface area contributed by atoms with Gasteiger partial charge in [0.15, 0.2) is 5.75 Å². The zero-order chi connectivity index (χ0) is 15.0. The highest BCUT2D eigenvalue weighted by Gasteiger charge is 2.15. The molecule has 1 N–H and O–H groups in total. The predicted molar refractivity (Wildman–Crippen MR) is 81.4 cm³/mol. The average molecular weight is 280 g/mol. The van der Waals surface area contributed by atoms with Crippen molar-refractivity contribution in [1.82, 2.24) is 0 Å². The SMILES string of the molecule is CCCOc1cc(NCC(CC)CC)ccc1[N+](=O)[O-]. The van der Waals surface area contributed by atoms with Gasteiger partial charge in [-0.2, -0.15) is 0 Å². The maximum absolute atomic E-state index is 11.0. The van der Waals surface area contributed by atoms with Gasteiger partial charge in [0.2, 0.25) is 0 Å². The second-order valence-electron chi connectivity index (χ2n) is 4.85. The molecule has 0 fully saturated rings. The third-order valence-corrected chi connectivity index (χ3v) is 3.37. The fourth-order valence-electron chi connectivity index (χ4n) is 1.94. The van der Waals surface area contributed by atoms with Gasteiger partial charge in [-0.1, -0.05) is 33.6 Å². The van der Waals surface area contributed by atoms with Crippen LogP contribution in [0.2, 0.25) is 0 Å². The number of nitrogens with zero attached hydrogens (tertiary/aromatic N) is 1. The number of anilines is 1. The lowest BCUT2D eigenvalue weighted by Gasteiger charge is -2.15. The van der Waals surface area contributed by atoms with Gasteiger partial charge >= 0.3 is 5.69 Å². The third kappa shape index (κ3) is 4.72. The van der Waals surface area contributed by atoms with Crippen molar-refractivity contribution in [3.63, 3.8) is 0 Å². The van der Waals surface area contributed by atoms with E-state index >= 15 is 0 Å². The number of rotatable bonds is 9. The van der Waals surface area contributed by atoms with E-state index in [0.717, 1.165) is 31.5 Å². The van der Waals surface area contributed by atoms with Gasteiger partial charge in [0.1, 0.15) is 0 Å². The zero-order valence-electron chi connectivity index (χ0n) is 12.5. The van der Waals surface area contributed by atoms with Gasteiger partial charge in [0.25, 0.3) is 0 Å². The lowest BCUT2D eigenvalue weighted by molar-refractivity contribution is -0.385. The minimum Gasteiger partial charge on any atom is -0.487 e. The van der Waals surface area contributed by atoms with E-state index in [1.54, 1.807) is 12.1 Å². The van der Waals surface area contributed by atoms with Crippen LogP contribution in [0.3, 0.4) is 0 Å². The van der Waals surface area contributed by atoms with Crippen molar-refractivity contribution in [2.24, 2.45) is 5.92 Å². The molecule has 5 heteroatoms. The Bertz CT molecular complexity index is 431. The summed E-state index contributed by atoms with van der Waals surface area (Å²) in [6, 6.07) is 4.95. The summed E-state index contributed by atoms with van der Waals surface area (Å²) in [5.74, 6) is 0.955. The number of benzene rings is 1. The normalized spacial score (nSPS) is 10.6. The van der Waals surface area contributed by atoms with Crippen LogP contribution in [-0.4, -0.2) is 18.1 Å². The van der Waals surface area contributed by atoms with Gasteiger partial charge in [0.05, 0.1) is 11.5 Å². The monoisotopic (exact) mass is 280 g/mol. The van der Waals surface area contributed by atoms with Crippen molar-refractivity contribution in [3.8, 4) is 5.75 Å². The Labute approximate surface area is 120 Å². The number of nitro groups is 1. The van der Waals surface area contributed by atoms with Crippen LogP contribution >= 0.6 is 0 Å². The largest absolute Gasteiger partial charge is 0.487 e. The van der Waals surface area contributed by atoms with Gasteiger partial charge in [-0.3, -0.25) is 10.1 Å². The molecule has 0 heterocycles. The van der Waals surface area contributed by atoms with Crippen molar-refractivity contribution in [1.29, 1.82) is 0 Å². The number of hydrogen-bond donors (Lipinski definition) is 1. The van der Waals surface area contributed by atoms with Crippen LogP contribution in [0.5, 0.6) is 5.75 Å². The average Bonchev–Trinajstić information content (AvgIpc) is 2.46. The second kappa shape index (κ2) is 8.40. The van der Waals surface area contributed by atoms with Crippen molar-refractivity contribution in [2.45, 2.75) is 40.0 Å². The standard InChI is InChI=1S/C15H24N2O3/c1-4-9-20-15-10-13(7-8-14(15)17(18)19)16-11-12(5-2)6-3/h7-8,10,12,16H,4-6,9,11H2,1-3H3. The Balaban J connectivity index is 2.80. The lowest BCUT2D eigenvalue weighted by Crippen LogP contribution is -2.12. The molecule has 0 aliphatic rings. The fourth-order valence-corrected chi connectivity index (χ4v) is 1.94. The maximum Gasteiger partial charge on any atom is 0.311 e. The summed E-state index contributed by atoms with van der Waals surface area (Å²) in [7, 11) is 0. The minimum absolute atomic E-state index is 0.0199. The number of nitro benzene ring substituents is 1. The first-order valence-electron chi connectivity index (χ1n) is 7.27. The zero-order valence-corrected chi connectivity index (χ0v) is 12.5. The molecule has 0 unspecified atom stereocenters. The molecule has 0 saturated carbocycles. The highest BCUT2D eigenvalue weighted by molar-refractivity contribution is 5.58. The quantitative estimate of drug-likeness (QED) is 0.543. The van der Waals surface area contributed by atoms with Crippen molar-refractivity contribution < 1.29 is 9.66 Å². The summed E-state index contributed by atoms with van der Waals surface area (Å²) >= 11 is 0. The first-order chi connectivity index (χ1) is 9.62. The van der Waals surface area contributed by atoms with E-state index in [1.165, 1.54) is 6.07 Å². The van der Waals surface area contributed by atoms with Gasteiger partial charge in [-0.25, -0.2) is 0 Å². The molecule has 0 radical (unpaired) electrons. The van der Waals surface area contributed by atoms with Gasteiger partial charge in [-0.15, -0.1) is 0 Å². The number of nitrogens with one attached hydrogen (secondary N) is 1. The summed E-state index contributed by atoms with van der Waals surface area (Å²) in [6.07, 6.45) is 3.06. The number of hydrogen-bond acceptors (Lipinski definition) is 4. The van der Waals surface area contributed by atoms with Gasteiger partial charge in [-0.05, 0) is 18.4 Å². The molecule has 1 rings (SSSR count). The van der Waals surface area contributed by atoms with Crippen LogP contribution in [-0.2, 0) is 0 Å². The topological polar surface area (TPSA) is 64.4 Å². The summed E-state index contributed by atoms with van der Waals surface area (Å²) in [5, 5.41) is 14.3.